The van der Waals surface area contributed by atoms with Crippen LogP contribution in [0.5, 0.6) is 0 Å². The Morgan fingerprint density at radius 2 is 2.23 bits per heavy atom. The number of carbonyl (C=O) groups excluding carboxylic acids is 1. The Hall–Kier alpha value is -1.23. The van der Waals surface area contributed by atoms with E-state index in [1.165, 1.54) is 0 Å². The molecule has 0 saturated heterocycles. The third-order valence-corrected chi connectivity index (χ3v) is 2.29. The molecular weight excluding hydrogens is 234 g/mol. The molecule has 0 aromatic heterocycles. The van der Waals surface area contributed by atoms with Crippen molar-refractivity contribution in [1.29, 1.82) is 0 Å². The van der Waals surface area contributed by atoms with Gasteiger partial charge in [0.1, 0.15) is 0 Å². The molecule has 2 rings (SSSR count). The molecule has 0 radical (unpaired) electrons. The number of halogens is 1. The van der Waals surface area contributed by atoms with E-state index >= 15 is 0 Å². The van der Waals surface area contributed by atoms with Gasteiger partial charge in [0.25, 0.3) is 5.91 Å². The molecule has 2 aliphatic rings. The van der Waals surface area contributed by atoms with Gasteiger partial charge >= 0.3 is 0 Å². The van der Waals surface area contributed by atoms with Gasteiger partial charge in [-0.3, -0.25) is 4.79 Å². The van der Waals surface area contributed by atoms with Gasteiger partial charge in [-0.25, -0.2) is 4.99 Å². The Bertz CT molecular complexity index is 392. The first-order valence-electron chi connectivity index (χ1n) is 3.68. The van der Waals surface area contributed by atoms with Gasteiger partial charge in [-0.15, -0.1) is 0 Å². The lowest BCUT2D eigenvalue weighted by Crippen LogP contribution is -2.25. The average molecular weight is 240 g/mol. The standard InChI is InChI=1S/C8H6BrN3O/c9-4-1-2-6-5(3-4)7(13)12-8(10)11-6/h1-4H,(H2,10,12,13). The number of rotatable bonds is 0. The number of hydrogen-bond donors (Lipinski definition) is 1. The summed E-state index contributed by atoms with van der Waals surface area (Å²) in [5.41, 5.74) is 6.44. The van der Waals surface area contributed by atoms with E-state index in [9.17, 15) is 4.79 Å². The molecule has 0 aromatic carbocycles. The highest BCUT2D eigenvalue weighted by molar-refractivity contribution is 9.09. The van der Waals surface area contributed by atoms with E-state index in [1.54, 1.807) is 12.2 Å². The molecule has 0 aromatic rings. The van der Waals surface area contributed by atoms with Gasteiger partial charge in [0, 0.05) is 0 Å². The molecule has 1 aliphatic heterocycles. The normalized spacial score (nSPS) is 26.1. The van der Waals surface area contributed by atoms with Gasteiger partial charge < -0.3 is 5.73 Å². The van der Waals surface area contributed by atoms with Gasteiger partial charge in [0.05, 0.1) is 16.1 Å². The zero-order valence-corrected chi connectivity index (χ0v) is 8.15. The van der Waals surface area contributed by atoms with Crippen molar-refractivity contribution in [1.82, 2.24) is 0 Å². The van der Waals surface area contributed by atoms with E-state index < -0.39 is 0 Å². The maximum absolute atomic E-state index is 11.3. The summed E-state index contributed by atoms with van der Waals surface area (Å²) in [7, 11) is 0. The molecule has 2 N–H and O–H groups in total. The topological polar surface area (TPSA) is 67.8 Å². The summed E-state index contributed by atoms with van der Waals surface area (Å²) in [6.07, 6.45) is 5.40. The van der Waals surface area contributed by atoms with Crippen molar-refractivity contribution in [3.05, 3.63) is 23.8 Å². The minimum absolute atomic E-state index is 0.0230. The lowest BCUT2D eigenvalue weighted by Gasteiger charge is -2.14. The summed E-state index contributed by atoms with van der Waals surface area (Å²) in [5, 5.41) is 0. The van der Waals surface area contributed by atoms with Crippen LogP contribution in [0.15, 0.2) is 33.8 Å². The average Bonchev–Trinajstić information content (AvgIpc) is 2.06. The van der Waals surface area contributed by atoms with E-state index in [4.69, 9.17) is 5.73 Å². The van der Waals surface area contributed by atoms with Crippen LogP contribution in [0.1, 0.15) is 0 Å². The summed E-state index contributed by atoms with van der Waals surface area (Å²) in [4.78, 5) is 18.9. The Morgan fingerprint density at radius 1 is 1.46 bits per heavy atom. The third-order valence-electron chi connectivity index (χ3n) is 1.72. The zero-order valence-electron chi connectivity index (χ0n) is 6.57. The Labute approximate surface area is 83.1 Å². The first kappa shape index (κ1) is 8.37. The zero-order chi connectivity index (χ0) is 9.42. The Balaban J connectivity index is 2.48. The second-order valence-electron chi connectivity index (χ2n) is 2.66. The summed E-state index contributed by atoms with van der Waals surface area (Å²) in [5.74, 6) is -0.300. The largest absolute Gasteiger partial charge is 0.368 e. The maximum Gasteiger partial charge on any atom is 0.282 e. The van der Waals surface area contributed by atoms with E-state index in [-0.39, 0.29) is 16.7 Å². The molecule has 1 unspecified atom stereocenters. The molecule has 1 atom stereocenters. The quantitative estimate of drug-likeness (QED) is 0.628. The summed E-state index contributed by atoms with van der Waals surface area (Å²) in [6.45, 7) is 0. The van der Waals surface area contributed by atoms with Gasteiger partial charge in [-0.2, -0.15) is 4.99 Å². The molecule has 1 aliphatic carbocycles. The van der Waals surface area contributed by atoms with E-state index in [2.05, 4.69) is 25.9 Å². The van der Waals surface area contributed by atoms with Crippen LogP contribution < -0.4 is 5.73 Å². The molecule has 0 fully saturated rings. The Morgan fingerprint density at radius 3 is 3.00 bits per heavy atom. The fraction of sp³-hybridized carbons (Fsp3) is 0.125. The molecule has 0 saturated carbocycles. The number of carbonyl (C=O) groups is 1. The van der Waals surface area contributed by atoms with Crippen molar-refractivity contribution in [2.75, 3.05) is 0 Å². The van der Waals surface area contributed by atoms with Gasteiger partial charge in [0.15, 0.2) is 0 Å². The highest BCUT2D eigenvalue weighted by Crippen LogP contribution is 2.18. The molecule has 66 valence electrons. The SMILES string of the molecule is NC1=NC(=O)C2=CC(Br)C=CC2=N1. The number of fused-ring (bicyclic) bond motifs is 1. The first-order valence-corrected chi connectivity index (χ1v) is 4.60. The second-order valence-corrected chi connectivity index (χ2v) is 3.71. The molecule has 1 amide bonds. The number of alkyl halides is 1. The number of nitrogens with two attached hydrogens (primary N) is 1. The van der Waals surface area contributed by atoms with Crippen molar-refractivity contribution in [3.8, 4) is 0 Å². The van der Waals surface area contributed by atoms with Crippen LogP contribution >= 0.6 is 15.9 Å². The predicted octanol–water partition coefficient (Wildman–Crippen LogP) is 0.542. The second kappa shape index (κ2) is 2.92. The smallest absolute Gasteiger partial charge is 0.282 e. The minimum Gasteiger partial charge on any atom is -0.368 e. The monoisotopic (exact) mass is 239 g/mol. The molecule has 0 spiro atoms. The van der Waals surface area contributed by atoms with Crippen LogP contribution in [0.4, 0.5) is 0 Å². The molecule has 5 heteroatoms. The lowest BCUT2D eigenvalue weighted by molar-refractivity contribution is -0.113. The molecule has 13 heavy (non-hydrogen) atoms. The van der Waals surface area contributed by atoms with Crippen LogP contribution in [0, 0.1) is 0 Å². The van der Waals surface area contributed by atoms with Gasteiger partial charge in [0.2, 0.25) is 5.96 Å². The van der Waals surface area contributed by atoms with Crippen LogP contribution in [-0.4, -0.2) is 22.4 Å². The van der Waals surface area contributed by atoms with Crippen LogP contribution in [0.25, 0.3) is 0 Å². The fourth-order valence-electron chi connectivity index (χ4n) is 1.16. The van der Waals surface area contributed by atoms with Crippen LogP contribution in [-0.2, 0) is 4.79 Å². The van der Waals surface area contributed by atoms with Gasteiger partial charge in [-0.05, 0) is 6.08 Å². The fourth-order valence-corrected chi connectivity index (χ4v) is 1.58. The van der Waals surface area contributed by atoms with Crippen LogP contribution in [0.2, 0.25) is 0 Å². The van der Waals surface area contributed by atoms with Crippen molar-refractivity contribution >= 4 is 33.5 Å². The number of nitrogens with zero attached hydrogens (tertiary/aromatic N) is 2. The van der Waals surface area contributed by atoms with E-state index in [0.29, 0.717) is 11.3 Å². The number of guanidine groups is 1. The number of allylic oxidation sites excluding steroid dienone is 3. The lowest BCUT2D eigenvalue weighted by atomic mass is 10.0. The Kier molecular flexibility index (Phi) is 1.88. The first-order chi connectivity index (χ1) is 6.16. The van der Waals surface area contributed by atoms with Crippen molar-refractivity contribution in [2.24, 2.45) is 15.7 Å². The molecule has 4 nitrogen and oxygen atoms in total. The minimum atomic E-state index is -0.323. The number of amides is 1. The summed E-state index contributed by atoms with van der Waals surface area (Å²) in [6, 6.07) is 0. The van der Waals surface area contributed by atoms with E-state index in [0.717, 1.165) is 0 Å². The maximum atomic E-state index is 11.3. The van der Waals surface area contributed by atoms with Crippen molar-refractivity contribution in [3.63, 3.8) is 0 Å². The van der Waals surface area contributed by atoms with Crippen LogP contribution in [0.3, 0.4) is 0 Å². The number of aliphatic imine (C=N–C) groups is 2. The molecule has 0 bridgehead atoms. The predicted molar refractivity (Wildman–Crippen MR) is 54.0 cm³/mol. The summed E-state index contributed by atoms with van der Waals surface area (Å²) < 4.78 is 0. The highest BCUT2D eigenvalue weighted by atomic mass is 79.9. The van der Waals surface area contributed by atoms with Crippen molar-refractivity contribution in [2.45, 2.75) is 4.83 Å². The number of hydrogen-bond acceptors (Lipinski definition) is 3. The summed E-state index contributed by atoms with van der Waals surface area (Å²) >= 11 is 3.34. The van der Waals surface area contributed by atoms with Gasteiger partial charge in [-0.1, -0.05) is 28.1 Å². The highest BCUT2D eigenvalue weighted by Gasteiger charge is 2.22. The van der Waals surface area contributed by atoms with Crippen molar-refractivity contribution < 1.29 is 4.79 Å². The third kappa shape index (κ3) is 1.47. The molecular formula is C8H6BrN3O. The van der Waals surface area contributed by atoms with E-state index in [1.807, 2.05) is 6.08 Å². The molecule has 1 heterocycles.